The standard InChI is InChI=1S/C11H19BrN4O2/c1-17-6-7-18-5-3-2-4-14-10-9(12)8-15-11(13)16-10/h8H,2-7H2,1H3,(H3,13,14,15,16). The summed E-state index contributed by atoms with van der Waals surface area (Å²) in [6.07, 6.45) is 3.64. The number of methoxy groups -OCH3 is 1. The summed E-state index contributed by atoms with van der Waals surface area (Å²) in [4.78, 5) is 7.97. The second-order valence-corrected chi connectivity index (χ2v) is 4.52. The van der Waals surface area contributed by atoms with Gasteiger partial charge >= 0.3 is 0 Å². The Labute approximate surface area is 115 Å². The van der Waals surface area contributed by atoms with Crippen LogP contribution in [0.5, 0.6) is 0 Å². The largest absolute Gasteiger partial charge is 0.382 e. The molecule has 6 nitrogen and oxygen atoms in total. The summed E-state index contributed by atoms with van der Waals surface area (Å²) in [5.74, 6) is 0.992. The minimum Gasteiger partial charge on any atom is -0.382 e. The van der Waals surface area contributed by atoms with E-state index in [-0.39, 0.29) is 5.95 Å². The van der Waals surface area contributed by atoms with Crippen molar-refractivity contribution in [2.24, 2.45) is 0 Å². The van der Waals surface area contributed by atoms with Gasteiger partial charge in [0.25, 0.3) is 0 Å². The van der Waals surface area contributed by atoms with Crippen molar-refractivity contribution in [3.8, 4) is 0 Å². The molecule has 0 aromatic carbocycles. The highest BCUT2D eigenvalue weighted by molar-refractivity contribution is 9.10. The predicted molar refractivity (Wildman–Crippen MR) is 74.6 cm³/mol. The SMILES string of the molecule is COCCOCCCCNc1nc(N)ncc1Br. The van der Waals surface area contributed by atoms with E-state index < -0.39 is 0 Å². The molecule has 0 aliphatic carbocycles. The van der Waals surface area contributed by atoms with Gasteiger partial charge in [-0.25, -0.2) is 4.98 Å². The molecule has 1 aromatic heterocycles. The molecule has 0 amide bonds. The zero-order valence-corrected chi connectivity index (χ0v) is 12.1. The number of nitrogen functional groups attached to an aromatic ring is 1. The molecule has 0 bridgehead atoms. The third kappa shape index (κ3) is 6.13. The van der Waals surface area contributed by atoms with Crippen molar-refractivity contribution >= 4 is 27.7 Å². The van der Waals surface area contributed by atoms with Crippen LogP contribution in [0.15, 0.2) is 10.7 Å². The Balaban J connectivity index is 2.09. The van der Waals surface area contributed by atoms with Gasteiger partial charge in [0.15, 0.2) is 0 Å². The maximum Gasteiger partial charge on any atom is 0.221 e. The highest BCUT2D eigenvalue weighted by atomic mass is 79.9. The van der Waals surface area contributed by atoms with E-state index in [1.54, 1.807) is 13.3 Å². The summed E-state index contributed by atoms with van der Waals surface area (Å²) >= 11 is 3.36. The van der Waals surface area contributed by atoms with Crippen LogP contribution in [0, 0.1) is 0 Å². The number of aromatic nitrogens is 2. The number of unbranched alkanes of at least 4 members (excludes halogenated alkanes) is 1. The van der Waals surface area contributed by atoms with E-state index in [4.69, 9.17) is 15.2 Å². The Bertz CT molecular complexity index is 352. The minimum atomic E-state index is 0.267. The number of ether oxygens (including phenoxy) is 2. The van der Waals surface area contributed by atoms with E-state index in [1.165, 1.54) is 0 Å². The van der Waals surface area contributed by atoms with E-state index >= 15 is 0 Å². The zero-order valence-electron chi connectivity index (χ0n) is 10.5. The molecule has 0 atom stereocenters. The third-order valence-corrected chi connectivity index (χ3v) is 2.78. The Hall–Kier alpha value is -0.920. The molecule has 0 saturated carbocycles. The fourth-order valence-corrected chi connectivity index (χ4v) is 1.62. The van der Waals surface area contributed by atoms with Gasteiger partial charge in [-0.1, -0.05) is 0 Å². The maximum atomic E-state index is 5.51. The van der Waals surface area contributed by atoms with Crippen molar-refractivity contribution in [3.63, 3.8) is 0 Å². The molecule has 0 radical (unpaired) electrons. The summed E-state index contributed by atoms with van der Waals surface area (Å²) in [6.45, 7) is 2.87. The van der Waals surface area contributed by atoms with Crippen molar-refractivity contribution < 1.29 is 9.47 Å². The number of halogens is 1. The van der Waals surface area contributed by atoms with Crippen LogP contribution < -0.4 is 11.1 Å². The summed E-state index contributed by atoms with van der Waals surface area (Å²) in [6, 6.07) is 0. The normalized spacial score (nSPS) is 10.6. The van der Waals surface area contributed by atoms with E-state index in [1.807, 2.05) is 0 Å². The lowest BCUT2D eigenvalue weighted by Crippen LogP contribution is -2.08. The highest BCUT2D eigenvalue weighted by Crippen LogP contribution is 2.18. The van der Waals surface area contributed by atoms with Gasteiger partial charge in [-0.15, -0.1) is 0 Å². The molecule has 1 rings (SSSR count). The van der Waals surface area contributed by atoms with Crippen molar-refractivity contribution in [3.05, 3.63) is 10.7 Å². The Morgan fingerprint density at radius 2 is 2.17 bits per heavy atom. The molecular formula is C11H19BrN4O2. The lowest BCUT2D eigenvalue weighted by Gasteiger charge is -2.08. The van der Waals surface area contributed by atoms with Gasteiger partial charge in [0.2, 0.25) is 5.95 Å². The van der Waals surface area contributed by atoms with Gasteiger partial charge in [0.05, 0.1) is 17.7 Å². The third-order valence-electron chi connectivity index (χ3n) is 2.20. The lowest BCUT2D eigenvalue weighted by molar-refractivity contribution is 0.0691. The maximum absolute atomic E-state index is 5.51. The number of hydrogen-bond donors (Lipinski definition) is 2. The smallest absolute Gasteiger partial charge is 0.221 e. The fourth-order valence-electron chi connectivity index (χ4n) is 1.28. The van der Waals surface area contributed by atoms with E-state index in [9.17, 15) is 0 Å². The molecule has 7 heteroatoms. The molecule has 3 N–H and O–H groups in total. The monoisotopic (exact) mass is 318 g/mol. The first-order chi connectivity index (χ1) is 8.74. The topological polar surface area (TPSA) is 82.3 Å². The van der Waals surface area contributed by atoms with Crippen LogP contribution in [0.25, 0.3) is 0 Å². The first-order valence-corrected chi connectivity index (χ1v) is 6.62. The number of hydrogen-bond acceptors (Lipinski definition) is 6. The van der Waals surface area contributed by atoms with Crippen LogP contribution in [0.2, 0.25) is 0 Å². The second-order valence-electron chi connectivity index (χ2n) is 3.66. The Morgan fingerprint density at radius 3 is 2.94 bits per heavy atom. The van der Waals surface area contributed by atoms with E-state index in [0.29, 0.717) is 13.2 Å². The molecule has 102 valence electrons. The summed E-state index contributed by atoms with van der Waals surface area (Å²) in [5, 5.41) is 3.20. The van der Waals surface area contributed by atoms with Crippen molar-refractivity contribution in [1.82, 2.24) is 9.97 Å². The summed E-state index contributed by atoms with van der Waals surface area (Å²) < 4.78 is 11.1. The number of nitrogens with zero attached hydrogens (tertiary/aromatic N) is 2. The number of anilines is 2. The zero-order chi connectivity index (χ0) is 13.2. The summed E-state index contributed by atoms with van der Waals surface area (Å²) in [7, 11) is 1.67. The van der Waals surface area contributed by atoms with Crippen LogP contribution in [-0.2, 0) is 9.47 Å². The fraction of sp³-hybridized carbons (Fsp3) is 0.636. The molecule has 0 saturated heterocycles. The van der Waals surface area contributed by atoms with Crippen LogP contribution in [0.4, 0.5) is 11.8 Å². The number of rotatable bonds is 9. The Kier molecular flexibility index (Phi) is 7.63. The first-order valence-electron chi connectivity index (χ1n) is 5.82. The van der Waals surface area contributed by atoms with Gasteiger partial charge in [0, 0.05) is 26.5 Å². The molecule has 0 fully saturated rings. The average molecular weight is 319 g/mol. The van der Waals surface area contributed by atoms with Gasteiger partial charge in [-0.2, -0.15) is 4.98 Å². The molecule has 0 unspecified atom stereocenters. The van der Waals surface area contributed by atoms with Crippen LogP contribution in [0.3, 0.4) is 0 Å². The minimum absolute atomic E-state index is 0.267. The van der Waals surface area contributed by atoms with Crippen LogP contribution in [-0.4, -0.2) is 43.4 Å². The molecular weight excluding hydrogens is 300 g/mol. The molecule has 0 aliphatic rings. The Morgan fingerprint density at radius 1 is 1.33 bits per heavy atom. The molecule has 1 aromatic rings. The van der Waals surface area contributed by atoms with Crippen molar-refractivity contribution in [2.45, 2.75) is 12.8 Å². The van der Waals surface area contributed by atoms with E-state index in [2.05, 4.69) is 31.2 Å². The van der Waals surface area contributed by atoms with Gasteiger partial charge in [-0.05, 0) is 28.8 Å². The molecule has 0 spiro atoms. The summed E-state index contributed by atoms with van der Waals surface area (Å²) in [5.41, 5.74) is 5.51. The molecule has 18 heavy (non-hydrogen) atoms. The quantitative estimate of drug-likeness (QED) is 0.674. The average Bonchev–Trinajstić information content (AvgIpc) is 2.36. The molecule has 0 aliphatic heterocycles. The van der Waals surface area contributed by atoms with E-state index in [0.717, 1.165) is 36.3 Å². The van der Waals surface area contributed by atoms with Crippen molar-refractivity contribution in [1.29, 1.82) is 0 Å². The van der Waals surface area contributed by atoms with Crippen LogP contribution in [0.1, 0.15) is 12.8 Å². The van der Waals surface area contributed by atoms with Gasteiger partial charge in [0.1, 0.15) is 5.82 Å². The van der Waals surface area contributed by atoms with Gasteiger partial charge < -0.3 is 20.5 Å². The lowest BCUT2D eigenvalue weighted by atomic mass is 10.3. The van der Waals surface area contributed by atoms with Crippen LogP contribution >= 0.6 is 15.9 Å². The predicted octanol–water partition coefficient (Wildman–Crippen LogP) is 1.68. The molecule has 1 heterocycles. The number of nitrogens with one attached hydrogen (secondary N) is 1. The van der Waals surface area contributed by atoms with Crippen molar-refractivity contribution in [2.75, 3.05) is 44.5 Å². The van der Waals surface area contributed by atoms with Gasteiger partial charge in [-0.3, -0.25) is 0 Å². The second kappa shape index (κ2) is 9.07. The highest BCUT2D eigenvalue weighted by Gasteiger charge is 2.01. The first kappa shape index (κ1) is 15.1. The number of nitrogens with two attached hydrogens (primary N) is 1.